The molecule has 0 radical (unpaired) electrons. The van der Waals surface area contributed by atoms with Gasteiger partial charge in [-0.1, -0.05) is 17.7 Å². The van der Waals surface area contributed by atoms with E-state index >= 15 is 0 Å². The molecular formula is C16H27N3O2. The molecule has 0 saturated carbocycles. The normalized spacial score (nSPS) is 12.9. The fraction of sp³-hybridized carbons (Fsp3) is 0.562. The zero-order valence-corrected chi connectivity index (χ0v) is 13.5. The van der Waals surface area contributed by atoms with E-state index in [4.69, 9.17) is 9.47 Å². The lowest BCUT2D eigenvalue weighted by atomic mass is 10.2. The first-order valence-electron chi connectivity index (χ1n) is 7.40. The third kappa shape index (κ3) is 7.56. The maximum atomic E-state index is 5.84. The van der Waals surface area contributed by atoms with Crippen molar-refractivity contribution in [3.63, 3.8) is 0 Å². The minimum Gasteiger partial charge on any atom is -0.489 e. The second kappa shape index (κ2) is 10.0. The van der Waals surface area contributed by atoms with E-state index in [1.165, 1.54) is 5.56 Å². The topological polar surface area (TPSA) is 54.9 Å². The predicted octanol–water partition coefficient (Wildman–Crippen LogP) is 1.96. The van der Waals surface area contributed by atoms with Crippen LogP contribution in [-0.2, 0) is 4.74 Å². The van der Waals surface area contributed by atoms with E-state index in [0.29, 0.717) is 13.2 Å². The molecule has 118 valence electrons. The first kappa shape index (κ1) is 17.3. The lowest BCUT2D eigenvalue weighted by molar-refractivity contribution is 0.203. The number of aryl methyl sites for hydroxylation is 1. The van der Waals surface area contributed by atoms with Gasteiger partial charge in [-0.15, -0.1) is 0 Å². The van der Waals surface area contributed by atoms with Crippen LogP contribution in [0.2, 0.25) is 0 Å². The molecule has 0 aliphatic carbocycles. The number of ether oxygens (including phenoxy) is 2. The van der Waals surface area contributed by atoms with Crippen LogP contribution in [0, 0.1) is 6.92 Å². The number of benzene rings is 1. The number of hydrogen-bond acceptors (Lipinski definition) is 3. The molecule has 0 bridgehead atoms. The Morgan fingerprint density at radius 2 is 1.95 bits per heavy atom. The van der Waals surface area contributed by atoms with Gasteiger partial charge >= 0.3 is 0 Å². The van der Waals surface area contributed by atoms with E-state index in [0.717, 1.165) is 24.8 Å². The monoisotopic (exact) mass is 293 g/mol. The molecular weight excluding hydrogens is 266 g/mol. The Bertz CT molecular complexity index is 418. The summed E-state index contributed by atoms with van der Waals surface area (Å²) in [4.78, 5) is 4.51. The highest BCUT2D eigenvalue weighted by Gasteiger charge is 2.04. The predicted molar refractivity (Wildman–Crippen MR) is 87.1 cm³/mol. The Hall–Kier alpha value is -1.75. The van der Waals surface area contributed by atoms with Crippen molar-refractivity contribution >= 4 is 5.96 Å². The zero-order valence-electron chi connectivity index (χ0n) is 13.5. The molecule has 0 fully saturated rings. The minimum absolute atomic E-state index is 0.0191. The molecule has 0 saturated heterocycles. The molecule has 5 nitrogen and oxygen atoms in total. The van der Waals surface area contributed by atoms with Crippen LogP contribution in [0.15, 0.2) is 29.3 Å². The van der Waals surface area contributed by atoms with Crippen LogP contribution < -0.4 is 15.4 Å². The summed E-state index contributed by atoms with van der Waals surface area (Å²) in [6.45, 7) is 8.92. The smallest absolute Gasteiger partial charge is 0.191 e. The molecule has 2 N–H and O–H groups in total. The van der Waals surface area contributed by atoms with Gasteiger partial charge in [0, 0.05) is 20.2 Å². The minimum atomic E-state index is 0.0191. The van der Waals surface area contributed by atoms with E-state index in [1.54, 1.807) is 7.11 Å². The molecule has 0 aliphatic heterocycles. The summed E-state index contributed by atoms with van der Waals surface area (Å²) in [5.74, 6) is 1.66. The molecule has 1 aromatic rings. The average molecular weight is 293 g/mol. The number of aliphatic imine (C=N–C) groups is 1. The van der Waals surface area contributed by atoms with E-state index in [-0.39, 0.29) is 6.10 Å². The number of nitrogens with one attached hydrogen (secondary N) is 2. The Morgan fingerprint density at radius 1 is 1.24 bits per heavy atom. The Morgan fingerprint density at radius 3 is 2.57 bits per heavy atom. The summed E-state index contributed by atoms with van der Waals surface area (Å²) in [5, 5.41) is 6.40. The molecule has 1 rings (SSSR count). The summed E-state index contributed by atoms with van der Waals surface area (Å²) in [7, 11) is 1.68. The first-order chi connectivity index (χ1) is 10.2. The standard InChI is InChI=1S/C16H27N3O2/c1-5-17-16(18-10-11-20-4)19-12-14(3)21-15-8-6-13(2)7-9-15/h6-9,14H,5,10-12H2,1-4H3,(H2,17,18,19). The lowest BCUT2D eigenvalue weighted by Crippen LogP contribution is -2.39. The highest BCUT2D eigenvalue weighted by atomic mass is 16.5. The average Bonchev–Trinajstić information content (AvgIpc) is 2.47. The van der Waals surface area contributed by atoms with Crippen LogP contribution in [0.5, 0.6) is 5.75 Å². The SMILES string of the molecule is CCNC(=NCC(C)Oc1ccc(C)cc1)NCCOC. The van der Waals surface area contributed by atoms with E-state index < -0.39 is 0 Å². The summed E-state index contributed by atoms with van der Waals surface area (Å²) >= 11 is 0. The van der Waals surface area contributed by atoms with Crippen molar-refractivity contribution < 1.29 is 9.47 Å². The van der Waals surface area contributed by atoms with Gasteiger partial charge in [-0.25, -0.2) is 4.99 Å². The third-order valence-electron chi connectivity index (χ3n) is 2.81. The number of rotatable bonds is 8. The molecule has 21 heavy (non-hydrogen) atoms. The molecule has 0 spiro atoms. The van der Waals surface area contributed by atoms with Crippen molar-refractivity contribution in [3.8, 4) is 5.75 Å². The fourth-order valence-corrected chi connectivity index (χ4v) is 1.72. The van der Waals surface area contributed by atoms with Gasteiger partial charge in [0.25, 0.3) is 0 Å². The first-order valence-corrected chi connectivity index (χ1v) is 7.40. The number of hydrogen-bond donors (Lipinski definition) is 2. The van der Waals surface area contributed by atoms with Crippen molar-refractivity contribution in [2.24, 2.45) is 4.99 Å². The van der Waals surface area contributed by atoms with Crippen molar-refractivity contribution in [3.05, 3.63) is 29.8 Å². The highest BCUT2D eigenvalue weighted by molar-refractivity contribution is 5.79. The van der Waals surface area contributed by atoms with Gasteiger partial charge in [0.15, 0.2) is 5.96 Å². The van der Waals surface area contributed by atoms with E-state index in [9.17, 15) is 0 Å². The van der Waals surface area contributed by atoms with Crippen LogP contribution in [0.4, 0.5) is 0 Å². The lowest BCUT2D eigenvalue weighted by Gasteiger charge is -2.15. The van der Waals surface area contributed by atoms with Crippen molar-refractivity contribution in [1.29, 1.82) is 0 Å². The summed E-state index contributed by atoms with van der Waals surface area (Å²) in [6, 6.07) is 8.05. The summed E-state index contributed by atoms with van der Waals surface area (Å²) in [6.07, 6.45) is 0.0191. The molecule has 0 heterocycles. The largest absolute Gasteiger partial charge is 0.489 e. The molecule has 1 atom stereocenters. The van der Waals surface area contributed by atoms with Gasteiger partial charge in [-0.2, -0.15) is 0 Å². The van der Waals surface area contributed by atoms with Crippen molar-refractivity contribution in [2.75, 3.05) is 33.4 Å². The maximum Gasteiger partial charge on any atom is 0.191 e. The van der Waals surface area contributed by atoms with Gasteiger partial charge in [-0.3, -0.25) is 0 Å². The Kier molecular flexibility index (Phi) is 8.28. The molecule has 0 amide bonds. The van der Waals surface area contributed by atoms with Crippen molar-refractivity contribution in [2.45, 2.75) is 26.9 Å². The van der Waals surface area contributed by atoms with E-state index in [2.05, 4.69) is 22.5 Å². The summed E-state index contributed by atoms with van der Waals surface area (Å²) in [5.41, 5.74) is 1.23. The van der Waals surface area contributed by atoms with Crippen LogP contribution >= 0.6 is 0 Å². The molecule has 1 unspecified atom stereocenters. The van der Waals surface area contributed by atoms with Crippen LogP contribution in [-0.4, -0.2) is 45.4 Å². The van der Waals surface area contributed by atoms with Gasteiger partial charge < -0.3 is 20.1 Å². The van der Waals surface area contributed by atoms with Crippen LogP contribution in [0.25, 0.3) is 0 Å². The van der Waals surface area contributed by atoms with Crippen LogP contribution in [0.1, 0.15) is 19.4 Å². The molecule has 1 aromatic carbocycles. The highest BCUT2D eigenvalue weighted by Crippen LogP contribution is 2.13. The Balaban J connectivity index is 2.44. The van der Waals surface area contributed by atoms with Gasteiger partial charge in [0.2, 0.25) is 0 Å². The van der Waals surface area contributed by atoms with Crippen LogP contribution in [0.3, 0.4) is 0 Å². The third-order valence-corrected chi connectivity index (χ3v) is 2.81. The summed E-state index contributed by atoms with van der Waals surface area (Å²) < 4.78 is 10.9. The second-order valence-electron chi connectivity index (χ2n) is 4.88. The van der Waals surface area contributed by atoms with Gasteiger partial charge in [0.1, 0.15) is 11.9 Å². The number of nitrogens with zero attached hydrogens (tertiary/aromatic N) is 1. The molecule has 5 heteroatoms. The maximum absolute atomic E-state index is 5.84. The van der Waals surface area contributed by atoms with E-state index in [1.807, 2.05) is 38.1 Å². The molecule has 0 aliphatic rings. The number of guanidine groups is 1. The second-order valence-corrected chi connectivity index (χ2v) is 4.88. The zero-order chi connectivity index (χ0) is 15.5. The van der Waals surface area contributed by atoms with Crippen molar-refractivity contribution in [1.82, 2.24) is 10.6 Å². The Labute approximate surface area is 127 Å². The molecule has 0 aromatic heterocycles. The van der Waals surface area contributed by atoms with Gasteiger partial charge in [0.05, 0.1) is 13.2 Å². The van der Waals surface area contributed by atoms with Gasteiger partial charge in [-0.05, 0) is 32.9 Å². The fourth-order valence-electron chi connectivity index (χ4n) is 1.72. The number of methoxy groups -OCH3 is 1. The quantitative estimate of drug-likeness (QED) is 0.437.